The Labute approximate surface area is 226 Å². The van der Waals surface area contributed by atoms with E-state index in [1.807, 2.05) is 0 Å². The number of rotatable bonds is 4. The van der Waals surface area contributed by atoms with Gasteiger partial charge in [0.2, 0.25) is 0 Å². The lowest BCUT2D eigenvalue weighted by Gasteiger charge is -2.37. The highest BCUT2D eigenvalue weighted by molar-refractivity contribution is 14.1. The highest BCUT2D eigenvalue weighted by Gasteiger charge is 2.38. The topological polar surface area (TPSA) is 0 Å². The summed E-state index contributed by atoms with van der Waals surface area (Å²) in [5.74, 6) is 0. The molecule has 4 heteroatoms. The Morgan fingerprint density at radius 1 is 0.310 bits per heavy atom. The Balaban J connectivity index is 2.11. The van der Waals surface area contributed by atoms with Crippen LogP contribution >= 0.6 is 90.4 Å². The van der Waals surface area contributed by atoms with E-state index in [1.165, 1.54) is 36.5 Å². The molecule has 0 atom stereocenters. The molecule has 0 aromatic heterocycles. The van der Waals surface area contributed by atoms with Crippen LogP contribution in [0.3, 0.4) is 0 Å². The van der Waals surface area contributed by atoms with Crippen molar-refractivity contribution < 1.29 is 0 Å². The maximum absolute atomic E-state index is 2.38. The largest absolute Gasteiger partial charge is 0.0701 e. The summed E-state index contributed by atoms with van der Waals surface area (Å²) in [5.41, 5.74) is 4.75. The molecule has 0 aliphatic carbocycles. The van der Waals surface area contributed by atoms with Gasteiger partial charge in [-0.15, -0.1) is 0 Å². The van der Waals surface area contributed by atoms with E-state index in [9.17, 15) is 0 Å². The molecule has 0 amide bonds. The van der Waals surface area contributed by atoms with Gasteiger partial charge in [-0.05, 0) is 161 Å². The van der Waals surface area contributed by atoms with E-state index >= 15 is 0 Å². The maximum Gasteiger partial charge on any atom is 0.0701 e. The van der Waals surface area contributed by atoms with E-state index in [2.05, 4.69) is 187 Å². The Kier molecular flexibility index (Phi) is 7.22. The SMILES string of the molecule is Ic1ccc(C(c2ccc(I)cc2)(c2ccc(I)cc2)c2ccc(I)cc2)cc1. The zero-order valence-corrected chi connectivity index (χ0v) is 23.9. The third-order valence-corrected chi connectivity index (χ3v) is 7.99. The van der Waals surface area contributed by atoms with Crippen molar-refractivity contribution in [2.75, 3.05) is 0 Å². The van der Waals surface area contributed by atoms with Crippen LogP contribution in [0.4, 0.5) is 0 Å². The van der Waals surface area contributed by atoms with E-state index in [4.69, 9.17) is 0 Å². The fourth-order valence-electron chi connectivity index (χ4n) is 3.80. The Hall–Kier alpha value is -0.200. The summed E-state index contributed by atoms with van der Waals surface area (Å²) in [7, 11) is 0. The molecule has 4 aromatic rings. The van der Waals surface area contributed by atoms with Crippen molar-refractivity contribution in [2.24, 2.45) is 0 Å². The summed E-state index contributed by atoms with van der Waals surface area (Å²) in [6.07, 6.45) is 0. The smallest absolute Gasteiger partial charge is 0.0564 e. The molecule has 4 rings (SSSR count). The van der Waals surface area contributed by atoms with Crippen molar-refractivity contribution in [1.29, 1.82) is 0 Å². The van der Waals surface area contributed by atoms with Crippen molar-refractivity contribution in [2.45, 2.75) is 5.41 Å². The van der Waals surface area contributed by atoms with Crippen molar-refractivity contribution in [3.8, 4) is 0 Å². The van der Waals surface area contributed by atoms with Crippen LogP contribution < -0.4 is 0 Å². The first-order valence-electron chi connectivity index (χ1n) is 9.04. The summed E-state index contributed by atoms with van der Waals surface area (Å²) in [6.45, 7) is 0. The Morgan fingerprint density at radius 2 is 0.483 bits per heavy atom. The second kappa shape index (κ2) is 9.52. The van der Waals surface area contributed by atoms with Crippen LogP contribution in [0.5, 0.6) is 0 Å². The Morgan fingerprint density at radius 3 is 0.655 bits per heavy atom. The van der Waals surface area contributed by atoms with Gasteiger partial charge in [0.25, 0.3) is 0 Å². The molecule has 0 radical (unpaired) electrons. The molecule has 144 valence electrons. The molecule has 0 saturated carbocycles. The van der Waals surface area contributed by atoms with Crippen LogP contribution in [0.25, 0.3) is 0 Å². The van der Waals surface area contributed by atoms with Crippen LogP contribution in [0, 0.1) is 14.3 Å². The minimum Gasteiger partial charge on any atom is -0.0564 e. The summed E-state index contributed by atoms with van der Waals surface area (Å²) in [5, 5.41) is 0. The molecule has 0 fully saturated rings. The predicted octanol–water partition coefficient (Wildman–Crippen LogP) is 8.49. The quantitative estimate of drug-likeness (QED) is 0.143. The molecular weight excluding hydrogens is 808 g/mol. The molecule has 0 aliphatic rings. The zero-order valence-electron chi connectivity index (χ0n) is 15.2. The van der Waals surface area contributed by atoms with E-state index in [-0.39, 0.29) is 5.41 Å². The molecule has 0 aliphatic heterocycles. The molecule has 29 heavy (non-hydrogen) atoms. The van der Waals surface area contributed by atoms with E-state index in [0.29, 0.717) is 0 Å². The van der Waals surface area contributed by atoms with Gasteiger partial charge in [0.1, 0.15) is 0 Å². The molecule has 0 spiro atoms. The molecule has 0 unspecified atom stereocenters. The molecule has 0 bridgehead atoms. The second-order valence-corrected chi connectivity index (χ2v) is 11.8. The first-order chi connectivity index (χ1) is 14.0. The number of benzene rings is 4. The molecule has 0 heterocycles. The van der Waals surface area contributed by atoms with Gasteiger partial charge in [-0.25, -0.2) is 0 Å². The molecule has 0 nitrogen and oxygen atoms in total. The standard InChI is InChI=1S/C25H16I4/c26-21-9-1-17(2-10-21)25(18-3-11-22(27)12-4-18,19-5-13-23(28)14-6-19)20-7-15-24(29)16-8-20/h1-16H. The summed E-state index contributed by atoms with van der Waals surface area (Å²) < 4.78 is 4.97. The summed E-state index contributed by atoms with van der Waals surface area (Å²) in [6, 6.07) is 35.8. The highest BCUT2D eigenvalue weighted by atomic mass is 127. The van der Waals surface area contributed by atoms with E-state index < -0.39 is 0 Å². The molecule has 4 aromatic carbocycles. The third kappa shape index (κ3) is 4.55. The minimum absolute atomic E-state index is 0.372. The summed E-state index contributed by atoms with van der Waals surface area (Å²) in [4.78, 5) is 0. The average molecular weight is 824 g/mol. The van der Waals surface area contributed by atoms with E-state index in [1.54, 1.807) is 0 Å². The first kappa shape index (κ1) is 22.0. The van der Waals surface area contributed by atoms with Crippen molar-refractivity contribution >= 4 is 90.4 Å². The highest BCUT2D eigenvalue weighted by Crippen LogP contribution is 2.45. The normalized spacial score (nSPS) is 11.4. The maximum atomic E-state index is 2.38. The minimum atomic E-state index is -0.372. The lowest BCUT2D eigenvalue weighted by Crippen LogP contribution is -2.31. The van der Waals surface area contributed by atoms with Gasteiger partial charge in [-0.3, -0.25) is 0 Å². The monoisotopic (exact) mass is 824 g/mol. The van der Waals surface area contributed by atoms with Crippen LogP contribution in [-0.2, 0) is 5.41 Å². The zero-order chi connectivity index (χ0) is 20.4. The van der Waals surface area contributed by atoms with Crippen LogP contribution in [0.1, 0.15) is 22.3 Å². The van der Waals surface area contributed by atoms with Gasteiger partial charge in [0.05, 0.1) is 5.41 Å². The van der Waals surface area contributed by atoms with Gasteiger partial charge >= 0.3 is 0 Å². The molecule has 0 N–H and O–H groups in total. The number of hydrogen-bond acceptors (Lipinski definition) is 0. The van der Waals surface area contributed by atoms with Crippen molar-refractivity contribution in [3.63, 3.8) is 0 Å². The fourth-order valence-corrected chi connectivity index (χ4v) is 5.24. The average Bonchev–Trinajstić information content (AvgIpc) is 2.73. The van der Waals surface area contributed by atoms with Gasteiger partial charge < -0.3 is 0 Å². The van der Waals surface area contributed by atoms with Gasteiger partial charge in [0, 0.05) is 14.3 Å². The number of halogens is 4. The van der Waals surface area contributed by atoms with Crippen LogP contribution in [-0.4, -0.2) is 0 Å². The first-order valence-corrected chi connectivity index (χ1v) is 13.4. The van der Waals surface area contributed by atoms with Crippen molar-refractivity contribution in [1.82, 2.24) is 0 Å². The van der Waals surface area contributed by atoms with Crippen LogP contribution in [0.2, 0.25) is 0 Å². The van der Waals surface area contributed by atoms with E-state index in [0.717, 1.165) is 0 Å². The van der Waals surface area contributed by atoms with Gasteiger partial charge in [-0.1, -0.05) is 48.5 Å². The summed E-state index contributed by atoms with van der Waals surface area (Å²) >= 11 is 9.52. The van der Waals surface area contributed by atoms with Gasteiger partial charge in [-0.2, -0.15) is 0 Å². The lowest BCUT2D eigenvalue weighted by atomic mass is 9.65. The Bertz CT molecular complexity index is 910. The van der Waals surface area contributed by atoms with Crippen molar-refractivity contribution in [3.05, 3.63) is 134 Å². The number of hydrogen-bond donors (Lipinski definition) is 0. The molecular formula is C25H16I4. The molecule has 0 saturated heterocycles. The lowest BCUT2D eigenvalue weighted by molar-refractivity contribution is 0.744. The third-order valence-electron chi connectivity index (χ3n) is 5.11. The second-order valence-electron chi connectivity index (χ2n) is 6.78. The predicted molar refractivity (Wildman–Crippen MR) is 156 cm³/mol. The fraction of sp³-hybridized carbons (Fsp3) is 0.0400. The van der Waals surface area contributed by atoms with Gasteiger partial charge in [0.15, 0.2) is 0 Å². The van der Waals surface area contributed by atoms with Crippen LogP contribution in [0.15, 0.2) is 97.1 Å².